The highest BCUT2D eigenvalue weighted by atomic mass is 32.2. The number of rotatable bonds is 7. The SMILES string of the molecule is COc1ccc(NC(=O)C(C)N2CCN(S(=O)(=O)N3CC(C)OC(C)C3)CC2)cc1OC. The van der Waals surface area contributed by atoms with Gasteiger partial charge in [-0.15, -0.1) is 0 Å². The predicted octanol–water partition coefficient (Wildman–Crippen LogP) is 1.00. The zero-order chi connectivity index (χ0) is 23.5. The second-order valence-corrected chi connectivity index (χ2v) is 10.2. The Hall–Kier alpha value is -1.92. The van der Waals surface area contributed by atoms with Crippen molar-refractivity contribution in [2.75, 3.05) is 58.8 Å². The number of morpholine rings is 1. The van der Waals surface area contributed by atoms with Gasteiger partial charge in [0.1, 0.15) is 0 Å². The fourth-order valence-electron chi connectivity index (χ4n) is 4.13. The van der Waals surface area contributed by atoms with Crippen molar-refractivity contribution in [2.24, 2.45) is 0 Å². The molecule has 0 saturated carbocycles. The quantitative estimate of drug-likeness (QED) is 0.635. The Labute approximate surface area is 190 Å². The smallest absolute Gasteiger partial charge is 0.282 e. The van der Waals surface area contributed by atoms with Crippen LogP contribution in [-0.4, -0.2) is 99.6 Å². The van der Waals surface area contributed by atoms with E-state index in [1.54, 1.807) is 25.3 Å². The van der Waals surface area contributed by atoms with Gasteiger partial charge < -0.3 is 19.5 Å². The van der Waals surface area contributed by atoms with E-state index in [1.807, 2.05) is 25.7 Å². The van der Waals surface area contributed by atoms with E-state index < -0.39 is 16.3 Å². The summed E-state index contributed by atoms with van der Waals surface area (Å²) in [5, 5.41) is 2.90. The Morgan fingerprint density at radius 2 is 1.62 bits per heavy atom. The molecule has 2 fully saturated rings. The molecule has 180 valence electrons. The van der Waals surface area contributed by atoms with Crippen LogP contribution in [0.15, 0.2) is 18.2 Å². The van der Waals surface area contributed by atoms with Crippen molar-refractivity contribution >= 4 is 21.8 Å². The van der Waals surface area contributed by atoms with E-state index in [-0.39, 0.29) is 18.1 Å². The summed E-state index contributed by atoms with van der Waals surface area (Å²) in [4.78, 5) is 14.8. The first-order chi connectivity index (χ1) is 15.1. The van der Waals surface area contributed by atoms with Gasteiger partial charge in [-0.05, 0) is 32.9 Å². The number of benzene rings is 1. The normalized spacial score (nSPS) is 24.7. The molecule has 1 aromatic rings. The highest BCUT2D eigenvalue weighted by molar-refractivity contribution is 7.86. The van der Waals surface area contributed by atoms with Crippen molar-refractivity contribution in [3.8, 4) is 11.5 Å². The minimum atomic E-state index is -3.55. The summed E-state index contributed by atoms with van der Waals surface area (Å²) in [5.41, 5.74) is 0.608. The number of hydrogen-bond donors (Lipinski definition) is 1. The van der Waals surface area contributed by atoms with Crippen LogP contribution < -0.4 is 14.8 Å². The largest absolute Gasteiger partial charge is 0.493 e. The molecule has 0 aromatic heterocycles. The summed E-state index contributed by atoms with van der Waals surface area (Å²) >= 11 is 0. The molecule has 0 bridgehead atoms. The van der Waals surface area contributed by atoms with Gasteiger partial charge in [0, 0.05) is 51.0 Å². The lowest BCUT2D eigenvalue weighted by molar-refractivity contribution is -0.121. The number of anilines is 1. The lowest BCUT2D eigenvalue weighted by atomic mass is 10.2. The number of methoxy groups -OCH3 is 2. The molecule has 32 heavy (non-hydrogen) atoms. The summed E-state index contributed by atoms with van der Waals surface area (Å²) in [6.07, 6.45) is -0.259. The van der Waals surface area contributed by atoms with Gasteiger partial charge in [0.05, 0.1) is 32.5 Å². The molecule has 10 nitrogen and oxygen atoms in total. The van der Waals surface area contributed by atoms with E-state index in [2.05, 4.69) is 5.32 Å². The molecule has 3 unspecified atom stereocenters. The van der Waals surface area contributed by atoms with Crippen LogP contribution in [0.3, 0.4) is 0 Å². The Balaban J connectivity index is 1.57. The molecule has 11 heteroatoms. The third-order valence-electron chi connectivity index (χ3n) is 5.89. The molecule has 3 atom stereocenters. The first-order valence-corrected chi connectivity index (χ1v) is 12.2. The number of piperazine rings is 1. The number of nitrogens with one attached hydrogen (secondary N) is 1. The van der Waals surface area contributed by atoms with E-state index in [9.17, 15) is 13.2 Å². The minimum Gasteiger partial charge on any atom is -0.493 e. The highest BCUT2D eigenvalue weighted by Gasteiger charge is 2.37. The lowest BCUT2D eigenvalue weighted by Gasteiger charge is -2.41. The monoisotopic (exact) mass is 470 g/mol. The average molecular weight is 471 g/mol. The fourth-order valence-corrected chi connectivity index (χ4v) is 5.88. The number of nitrogens with zero attached hydrogens (tertiary/aromatic N) is 3. The summed E-state index contributed by atoms with van der Waals surface area (Å²) in [5.74, 6) is 0.952. The number of carbonyl (C=O) groups excluding carboxylic acids is 1. The Morgan fingerprint density at radius 1 is 1.03 bits per heavy atom. The van der Waals surface area contributed by atoms with Gasteiger partial charge in [-0.3, -0.25) is 9.69 Å². The molecule has 1 aromatic carbocycles. The van der Waals surface area contributed by atoms with Crippen LogP contribution in [0, 0.1) is 0 Å². The van der Waals surface area contributed by atoms with Crippen LogP contribution in [0.2, 0.25) is 0 Å². The number of amides is 1. The van der Waals surface area contributed by atoms with E-state index in [1.165, 1.54) is 15.7 Å². The second-order valence-electron chi connectivity index (χ2n) is 8.25. The van der Waals surface area contributed by atoms with E-state index >= 15 is 0 Å². The van der Waals surface area contributed by atoms with Crippen LogP contribution in [0.4, 0.5) is 5.69 Å². The van der Waals surface area contributed by atoms with Gasteiger partial charge in [0.2, 0.25) is 5.91 Å². The van der Waals surface area contributed by atoms with Gasteiger partial charge in [-0.25, -0.2) is 0 Å². The number of ether oxygens (including phenoxy) is 3. The van der Waals surface area contributed by atoms with Crippen molar-refractivity contribution in [2.45, 2.75) is 39.0 Å². The Bertz CT molecular complexity index is 894. The zero-order valence-electron chi connectivity index (χ0n) is 19.4. The fraction of sp³-hybridized carbons (Fsp3) is 0.667. The van der Waals surface area contributed by atoms with E-state index in [0.717, 1.165) is 0 Å². The maximum absolute atomic E-state index is 13.1. The molecular weight excluding hydrogens is 436 g/mol. The summed E-state index contributed by atoms with van der Waals surface area (Å²) in [7, 11) is -0.456. The first kappa shape index (κ1) is 24.7. The maximum atomic E-state index is 13.1. The topological polar surface area (TPSA) is 101 Å². The van der Waals surface area contributed by atoms with Crippen molar-refractivity contribution in [1.82, 2.24) is 13.5 Å². The molecule has 1 N–H and O–H groups in total. The Morgan fingerprint density at radius 3 is 2.19 bits per heavy atom. The predicted molar refractivity (Wildman–Crippen MR) is 121 cm³/mol. The average Bonchev–Trinajstić information content (AvgIpc) is 2.77. The van der Waals surface area contributed by atoms with Gasteiger partial charge in [-0.2, -0.15) is 17.0 Å². The summed E-state index contributed by atoms with van der Waals surface area (Å²) in [6, 6.07) is 4.78. The lowest BCUT2D eigenvalue weighted by Crippen LogP contribution is -2.58. The van der Waals surface area contributed by atoms with Crippen LogP contribution in [0.25, 0.3) is 0 Å². The van der Waals surface area contributed by atoms with Gasteiger partial charge in [-0.1, -0.05) is 0 Å². The molecule has 0 radical (unpaired) electrons. The Kier molecular flexibility index (Phi) is 7.99. The minimum absolute atomic E-state index is 0.130. The second kappa shape index (κ2) is 10.3. The van der Waals surface area contributed by atoms with Crippen LogP contribution in [-0.2, 0) is 19.7 Å². The van der Waals surface area contributed by atoms with Gasteiger partial charge >= 0.3 is 0 Å². The molecule has 2 heterocycles. The first-order valence-electron chi connectivity index (χ1n) is 10.8. The molecule has 0 spiro atoms. The number of hydrogen-bond acceptors (Lipinski definition) is 7. The molecule has 3 rings (SSSR count). The summed E-state index contributed by atoms with van der Waals surface area (Å²) < 4.78 is 45.3. The van der Waals surface area contributed by atoms with Crippen LogP contribution in [0.1, 0.15) is 20.8 Å². The van der Waals surface area contributed by atoms with Crippen molar-refractivity contribution in [3.05, 3.63) is 18.2 Å². The van der Waals surface area contributed by atoms with Crippen molar-refractivity contribution in [3.63, 3.8) is 0 Å². The van der Waals surface area contributed by atoms with E-state index in [4.69, 9.17) is 14.2 Å². The van der Waals surface area contributed by atoms with Gasteiger partial charge in [0.15, 0.2) is 11.5 Å². The van der Waals surface area contributed by atoms with E-state index in [0.29, 0.717) is 56.5 Å². The standard InChI is InChI=1S/C21H34N4O6S/c1-15-13-25(14-16(2)31-15)32(27,28)24-10-8-23(9-11-24)17(3)21(26)22-18-6-7-19(29-4)20(12-18)30-5/h6-7,12,15-17H,8-11,13-14H2,1-5H3,(H,22,26). The molecule has 2 saturated heterocycles. The molecule has 2 aliphatic heterocycles. The summed E-state index contributed by atoms with van der Waals surface area (Å²) in [6.45, 7) is 7.96. The molecular formula is C21H34N4O6S. The third-order valence-corrected chi connectivity index (χ3v) is 7.86. The van der Waals surface area contributed by atoms with Crippen molar-refractivity contribution < 1.29 is 27.4 Å². The van der Waals surface area contributed by atoms with Crippen LogP contribution in [0.5, 0.6) is 11.5 Å². The molecule has 0 aliphatic carbocycles. The maximum Gasteiger partial charge on any atom is 0.282 e. The molecule has 1 amide bonds. The van der Waals surface area contributed by atoms with Gasteiger partial charge in [0.25, 0.3) is 10.2 Å². The molecule has 2 aliphatic rings. The zero-order valence-corrected chi connectivity index (χ0v) is 20.2. The highest BCUT2D eigenvalue weighted by Crippen LogP contribution is 2.30. The number of carbonyl (C=O) groups is 1. The third kappa shape index (κ3) is 5.52. The van der Waals surface area contributed by atoms with Crippen molar-refractivity contribution in [1.29, 1.82) is 0 Å². The van der Waals surface area contributed by atoms with Crippen LogP contribution >= 0.6 is 0 Å².